The van der Waals surface area contributed by atoms with Crippen molar-refractivity contribution in [2.45, 2.75) is 43.6 Å². The first-order valence-corrected chi connectivity index (χ1v) is 9.35. The van der Waals surface area contributed by atoms with Gasteiger partial charge in [0.15, 0.2) is 0 Å². The van der Waals surface area contributed by atoms with Crippen LogP contribution in [0.3, 0.4) is 0 Å². The van der Waals surface area contributed by atoms with Gasteiger partial charge in [-0.3, -0.25) is 4.79 Å². The van der Waals surface area contributed by atoms with Crippen LogP contribution in [-0.2, 0) is 16.6 Å². The van der Waals surface area contributed by atoms with Crippen molar-refractivity contribution in [2.24, 2.45) is 5.73 Å². The van der Waals surface area contributed by atoms with Crippen LogP contribution >= 0.6 is 12.4 Å². The molecule has 4 nitrogen and oxygen atoms in total. The highest BCUT2D eigenvalue weighted by Crippen LogP contribution is 2.41. The molecule has 0 radical (unpaired) electrons. The molecule has 1 aliphatic rings. The van der Waals surface area contributed by atoms with Gasteiger partial charge in [-0.2, -0.15) is 0 Å². The van der Waals surface area contributed by atoms with Gasteiger partial charge in [0.2, 0.25) is 5.91 Å². The van der Waals surface area contributed by atoms with Crippen molar-refractivity contribution in [1.29, 1.82) is 0 Å². The summed E-state index contributed by atoms with van der Waals surface area (Å²) in [6.45, 7) is 0.626. The van der Waals surface area contributed by atoms with Crippen molar-refractivity contribution in [2.75, 3.05) is 13.7 Å². The van der Waals surface area contributed by atoms with Crippen molar-refractivity contribution < 1.29 is 9.53 Å². The van der Waals surface area contributed by atoms with Crippen LogP contribution in [0.15, 0.2) is 54.6 Å². The van der Waals surface area contributed by atoms with E-state index in [4.69, 9.17) is 10.5 Å². The first-order valence-electron chi connectivity index (χ1n) is 9.35. The van der Waals surface area contributed by atoms with E-state index in [9.17, 15) is 4.79 Å². The van der Waals surface area contributed by atoms with E-state index >= 15 is 0 Å². The number of halogens is 1. The number of benzene rings is 2. The van der Waals surface area contributed by atoms with Crippen molar-refractivity contribution in [1.82, 2.24) is 5.32 Å². The monoisotopic (exact) mass is 388 g/mol. The Bertz CT molecular complexity index is 730. The van der Waals surface area contributed by atoms with Crippen molar-refractivity contribution in [3.63, 3.8) is 0 Å². The quantitative estimate of drug-likeness (QED) is 0.761. The lowest BCUT2D eigenvalue weighted by Crippen LogP contribution is -2.47. The minimum atomic E-state index is -0.527. The Balaban J connectivity index is 0.00000261. The third-order valence-electron chi connectivity index (χ3n) is 5.48. The molecule has 27 heavy (non-hydrogen) atoms. The predicted octanol–water partition coefficient (Wildman–Crippen LogP) is 3.62. The van der Waals surface area contributed by atoms with E-state index in [-0.39, 0.29) is 23.7 Å². The molecule has 3 N–H and O–H groups in total. The Morgan fingerprint density at radius 3 is 2.52 bits per heavy atom. The molecule has 1 saturated carbocycles. The lowest BCUT2D eigenvalue weighted by Gasteiger charge is -2.31. The molecule has 5 heteroatoms. The molecule has 1 amide bonds. The zero-order chi connectivity index (χ0) is 18.4. The van der Waals surface area contributed by atoms with E-state index in [2.05, 4.69) is 17.4 Å². The second kappa shape index (κ2) is 9.77. The minimum Gasteiger partial charge on any atom is -0.497 e. The Labute approximate surface area is 167 Å². The largest absolute Gasteiger partial charge is 0.497 e. The van der Waals surface area contributed by atoms with Gasteiger partial charge < -0.3 is 15.8 Å². The minimum absolute atomic E-state index is 0. The number of amides is 1. The molecule has 0 aromatic heterocycles. The molecule has 0 bridgehead atoms. The number of nitrogens with two attached hydrogens (primary N) is 1. The van der Waals surface area contributed by atoms with Crippen molar-refractivity contribution in [3.8, 4) is 5.75 Å². The third kappa shape index (κ3) is 5.24. The van der Waals surface area contributed by atoms with Crippen LogP contribution in [0.2, 0.25) is 0 Å². The van der Waals surface area contributed by atoms with Gasteiger partial charge in [-0.05, 0) is 42.5 Å². The summed E-state index contributed by atoms with van der Waals surface area (Å²) in [4.78, 5) is 12.5. The summed E-state index contributed by atoms with van der Waals surface area (Å²) in [5.41, 5.74) is 8.44. The summed E-state index contributed by atoms with van der Waals surface area (Å²) >= 11 is 0. The smallest absolute Gasteiger partial charge is 0.237 e. The number of hydrogen-bond donors (Lipinski definition) is 2. The first kappa shape index (κ1) is 21.3. The van der Waals surface area contributed by atoms with Crippen LogP contribution in [-0.4, -0.2) is 25.6 Å². The molecule has 2 aromatic carbocycles. The predicted molar refractivity (Wildman–Crippen MR) is 112 cm³/mol. The summed E-state index contributed by atoms with van der Waals surface area (Å²) in [6, 6.07) is 17.6. The number of rotatable bonds is 7. The Morgan fingerprint density at radius 1 is 1.15 bits per heavy atom. The zero-order valence-electron chi connectivity index (χ0n) is 15.8. The Kier molecular flexibility index (Phi) is 7.69. The van der Waals surface area contributed by atoms with Gasteiger partial charge in [0, 0.05) is 12.0 Å². The average Bonchev–Trinajstić information content (AvgIpc) is 3.17. The van der Waals surface area contributed by atoms with Crippen LogP contribution in [0.1, 0.15) is 36.8 Å². The Morgan fingerprint density at radius 2 is 1.85 bits per heavy atom. The fraction of sp³-hybridized carbons (Fsp3) is 0.409. The molecule has 0 heterocycles. The molecular formula is C22H29ClN2O2. The zero-order valence-corrected chi connectivity index (χ0v) is 16.6. The second-order valence-electron chi connectivity index (χ2n) is 7.23. The SMILES string of the molecule is COc1cccc(C2(CNC(=O)[C@@H](N)Cc3ccccc3)CCCC2)c1.Cl. The van der Waals surface area contributed by atoms with Crippen molar-refractivity contribution in [3.05, 3.63) is 65.7 Å². The molecule has 1 atom stereocenters. The van der Waals surface area contributed by atoms with E-state index in [1.807, 2.05) is 42.5 Å². The Hall–Kier alpha value is -2.04. The topological polar surface area (TPSA) is 64.3 Å². The summed E-state index contributed by atoms with van der Waals surface area (Å²) in [5, 5.41) is 3.12. The molecule has 0 saturated heterocycles. The number of methoxy groups -OCH3 is 1. The first-order chi connectivity index (χ1) is 12.6. The highest BCUT2D eigenvalue weighted by molar-refractivity contribution is 5.85. The fourth-order valence-electron chi connectivity index (χ4n) is 3.92. The van der Waals surface area contributed by atoms with E-state index in [0.29, 0.717) is 13.0 Å². The van der Waals surface area contributed by atoms with Gasteiger partial charge in [0.1, 0.15) is 5.75 Å². The van der Waals surface area contributed by atoms with Gasteiger partial charge >= 0.3 is 0 Å². The van der Waals surface area contributed by atoms with Gasteiger partial charge in [-0.1, -0.05) is 55.3 Å². The van der Waals surface area contributed by atoms with Crippen LogP contribution in [0.5, 0.6) is 5.75 Å². The maximum absolute atomic E-state index is 12.5. The average molecular weight is 389 g/mol. The normalized spacial score (nSPS) is 16.2. The number of hydrogen-bond acceptors (Lipinski definition) is 3. The summed E-state index contributed by atoms with van der Waals surface area (Å²) in [5.74, 6) is 0.781. The van der Waals surface area contributed by atoms with Crippen LogP contribution in [0.4, 0.5) is 0 Å². The maximum atomic E-state index is 12.5. The second-order valence-corrected chi connectivity index (χ2v) is 7.23. The highest BCUT2D eigenvalue weighted by Gasteiger charge is 2.36. The number of nitrogens with one attached hydrogen (secondary N) is 1. The molecule has 2 aromatic rings. The van der Waals surface area contributed by atoms with Crippen LogP contribution in [0.25, 0.3) is 0 Å². The van der Waals surface area contributed by atoms with Gasteiger partial charge in [0.25, 0.3) is 0 Å². The molecule has 0 spiro atoms. The third-order valence-corrected chi connectivity index (χ3v) is 5.48. The highest BCUT2D eigenvalue weighted by atomic mass is 35.5. The van der Waals surface area contributed by atoms with E-state index in [1.165, 1.54) is 18.4 Å². The standard InChI is InChI=1S/C22H28N2O2.ClH/c1-26-19-11-7-10-18(15-19)22(12-5-6-13-22)16-24-21(25)20(23)14-17-8-3-2-4-9-17;/h2-4,7-11,15,20H,5-6,12-14,16,23H2,1H3,(H,24,25);1H/t20-;/m0./s1. The number of ether oxygens (including phenoxy) is 1. The molecule has 1 aliphatic carbocycles. The maximum Gasteiger partial charge on any atom is 0.237 e. The van der Waals surface area contributed by atoms with Crippen LogP contribution < -0.4 is 15.8 Å². The molecule has 146 valence electrons. The lowest BCUT2D eigenvalue weighted by molar-refractivity contribution is -0.122. The van der Waals surface area contributed by atoms with E-state index < -0.39 is 6.04 Å². The summed E-state index contributed by atoms with van der Waals surface area (Å²) in [7, 11) is 1.69. The van der Waals surface area contributed by atoms with E-state index in [0.717, 1.165) is 24.2 Å². The van der Waals surface area contributed by atoms with Gasteiger partial charge in [-0.15, -0.1) is 12.4 Å². The molecule has 1 fully saturated rings. The summed E-state index contributed by atoms with van der Waals surface area (Å²) < 4.78 is 5.38. The van der Waals surface area contributed by atoms with Gasteiger partial charge in [0.05, 0.1) is 13.2 Å². The van der Waals surface area contributed by atoms with Crippen LogP contribution in [0, 0.1) is 0 Å². The number of carbonyl (C=O) groups excluding carboxylic acids is 1. The lowest BCUT2D eigenvalue weighted by atomic mass is 9.78. The summed E-state index contributed by atoms with van der Waals surface area (Å²) in [6.07, 6.45) is 5.08. The van der Waals surface area contributed by atoms with Gasteiger partial charge in [-0.25, -0.2) is 0 Å². The van der Waals surface area contributed by atoms with E-state index in [1.54, 1.807) is 7.11 Å². The molecule has 0 unspecified atom stereocenters. The van der Waals surface area contributed by atoms with Crippen molar-refractivity contribution >= 4 is 18.3 Å². The molecule has 3 rings (SSSR count). The fourth-order valence-corrected chi connectivity index (χ4v) is 3.92. The molecular weight excluding hydrogens is 360 g/mol. The number of carbonyl (C=O) groups is 1. The molecule has 0 aliphatic heterocycles.